The number of hydrogen-bond donors (Lipinski definition) is 1. The number of pyridine rings is 1. The highest BCUT2D eigenvalue weighted by atomic mass is 16.5. The van der Waals surface area contributed by atoms with Crippen LogP contribution in [0.25, 0.3) is 0 Å². The number of nitrogens with zero attached hydrogens (tertiary/aromatic N) is 2. The lowest BCUT2D eigenvalue weighted by Crippen LogP contribution is -2.43. The van der Waals surface area contributed by atoms with Crippen LogP contribution in [-0.4, -0.2) is 42.2 Å². The minimum atomic E-state index is 0.484. The molecule has 112 valence electrons. The largest absolute Gasteiger partial charge is 0.379 e. The van der Waals surface area contributed by atoms with E-state index in [0.29, 0.717) is 12.0 Å². The topological polar surface area (TPSA) is 37.4 Å². The average Bonchev–Trinajstić information content (AvgIpc) is 2.43. The van der Waals surface area contributed by atoms with E-state index < -0.39 is 0 Å². The van der Waals surface area contributed by atoms with E-state index in [0.717, 1.165) is 45.1 Å². The van der Waals surface area contributed by atoms with Crippen molar-refractivity contribution in [1.82, 2.24) is 15.2 Å². The fourth-order valence-electron chi connectivity index (χ4n) is 2.36. The zero-order valence-electron chi connectivity index (χ0n) is 12.9. The number of ether oxygens (including phenoxy) is 1. The van der Waals surface area contributed by atoms with Crippen molar-refractivity contribution in [2.45, 2.75) is 39.9 Å². The van der Waals surface area contributed by atoms with Gasteiger partial charge in [-0.05, 0) is 31.0 Å². The van der Waals surface area contributed by atoms with Crippen LogP contribution in [0.4, 0.5) is 0 Å². The van der Waals surface area contributed by atoms with Gasteiger partial charge in [0, 0.05) is 31.9 Å². The fraction of sp³-hybridized carbons (Fsp3) is 0.688. The summed E-state index contributed by atoms with van der Waals surface area (Å²) in [4.78, 5) is 7.02. The maximum Gasteiger partial charge on any atom is 0.0619 e. The van der Waals surface area contributed by atoms with Crippen LogP contribution in [0.1, 0.15) is 32.0 Å². The number of hydrogen-bond acceptors (Lipinski definition) is 4. The molecule has 0 aromatic carbocycles. The highest BCUT2D eigenvalue weighted by molar-refractivity contribution is 5.14. The Morgan fingerprint density at radius 1 is 1.45 bits per heavy atom. The third-order valence-corrected chi connectivity index (χ3v) is 3.64. The predicted molar refractivity (Wildman–Crippen MR) is 81.5 cm³/mol. The Kier molecular flexibility index (Phi) is 5.95. The molecule has 1 aromatic heterocycles. The molecular formula is C16H27N3O. The number of aromatic nitrogens is 1. The highest BCUT2D eigenvalue weighted by Gasteiger charge is 2.18. The molecule has 4 heteroatoms. The van der Waals surface area contributed by atoms with Crippen LogP contribution >= 0.6 is 0 Å². The molecule has 1 unspecified atom stereocenters. The van der Waals surface area contributed by atoms with E-state index in [4.69, 9.17) is 4.74 Å². The van der Waals surface area contributed by atoms with Gasteiger partial charge in [-0.1, -0.05) is 19.9 Å². The number of morpholine rings is 1. The summed E-state index contributed by atoms with van der Waals surface area (Å²) in [6, 6.07) is 4.81. The molecule has 0 radical (unpaired) electrons. The molecular weight excluding hydrogens is 250 g/mol. The molecule has 20 heavy (non-hydrogen) atoms. The zero-order valence-corrected chi connectivity index (χ0v) is 12.9. The summed E-state index contributed by atoms with van der Waals surface area (Å²) in [5.41, 5.74) is 2.40. The first kappa shape index (κ1) is 15.4. The quantitative estimate of drug-likeness (QED) is 0.863. The maximum absolute atomic E-state index is 5.46. The molecule has 1 atom stereocenters. The first-order valence-corrected chi connectivity index (χ1v) is 7.61. The van der Waals surface area contributed by atoms with Gasteiger partial charge < -0.3 is 10.1 Å². The molecule has 4 nitrogen and oxygen atoms in total. The van der Waals surface area contributed by atoms with Gasteiger partial charge >= 0.3 is 0 Å². The van der Waals surface area contributed by atoms with Crippen LogP contribution in [0.15, 0.2) is 18.3 Å². The molecule has 0 aliphatic carbocycles. The lowest BCUT2D eigenvalue weighted by molar-refractivity contribution is -0.00491. The average molecular weight is 277 g/mol. The SMILES string of the molecule is CC(C)CNCc1ccc(CN2CCOCC2C)nc1. The molecule has 2 heterocycles. The zero-order chi connectivity index (χ0) is 14.4. The Labute approximate surface area is 122 Å². The molecule has 1 aromatic rings. The first-order chi connectivity index (χ1) is 9.65. The lowest BCUT2D eigenvalue weighted by Gasteiger charge is -2.32. The van der Waals surface area contributed by atoms with Crippen LogP contribution < -0.4 is 5.32 Å². The van der Waals surface area contributed by atoms with Gasteiger partial charge in [0.2, 0.25) is 0 Å². The van der Waals surface area contributed by atoms with E-state index >= 15 is 0 Å². The standard InChI is InChI=1S/C16H27N3O/c1-13(2)8-17-9-15-4-5-16(18-10-15)11-19-6-7-20-12-14(19)3/h4-5,10,13-14,17H,6-9,11-12H2,1-3H3. The summed E-state index contributed by atoms with van der Waals surface area (Å²) < 4.78 is 5.46. The Morgan fingerprint density at radius 3 is 2.95 bits per heavy atom. The Balaban J connectivity index is 1.81. The number of nitrogens with one attached hydrogen (secondary N) is 1. The smallest absolute Gasteiger partial charge is 0.0619 e. The van der Waals surface area contributed by atoms with Crippen LogP contribution in [0.3, 0.4) is 0 Å². The van der Waals surface area contributed by atoms with Gasteiger partial charge in [-0.2, -0.15) is 0 Å². The van der Waals surface area contributed by atoms with E-state index in [1.165, 1.54) is 5.56 Å². The van der Waals surface area contributed by atoms with Gasteiger partial charge in [0.25, 0.3) is 0 Å². The van der Waals surface area contributed by atoms with Gasteiger partial charge in [-0.3, -0.25) is 9.88 Å². The third kappa shape index (κ3) is 4.85. The molecule has 0 spiro atoms. The third-order valence-electron chi connectivity index (χ3n) is 3.64. The Bertz CT molecular complexity index is 391. The summed E-state index contributed by atoms with van der Waals surface area (Å²) in [5, 5.41) is 3.44. The minimum absolute atomic E-state index is 0.484. The summed E-state index contributed by atoms with van der Waals surface area (Å²) in [6.07, 6.45) is 1.99. The van der Waals surface area contributed by atoms with Crippen LogP contribution in [0.2, 0.25) is 0 Å². The van der Waals surface area contributed by atoms with Crippen molar-refractivity contribution >= 4 is 0 Å². The monoisotopic (exact) mass is 277 g/mol. The normalized spacial score (nSPS) is 20.5. The van der Waals surface area contributed by atoms with Crippen molar-refractivity contribution in [2.24, 2.45) is 5.92 Å². The summed E-state index contributed by atoms with van der Waals surface area (Å²) in [7, 11) is 0. The van der Waals surface area contributed by atoms with E-state index in [1.54, 1.807) is 0 Å². The van der Waals surface area contributed by atoms with Gasteiger partial charge in [-0.25, -0.2) is 0 Å². The second-order valence-electron chi connectivity index (χ2n) is 6.08. The van der Waals surface area contributed by atoms with Gasteiger partial charge in [0.15, 0.2) is 0 Å². The van der Waals surface area contributed by atoms with Crippen molar-refractivity contribution in [3.8, 4) is 0 Å². The van der Waals surface area contributed by atoms with Gasteiger partial charge in [0.05, 0.1) is 18.9 Å². The lowest BCUT2D eigenvalue weighted by atomic mass is 10.2. The number of rotatable bonds is 6. The van der Waals surface area contributed by atoms with E-state index in [-0.39, 0.29) is 0 Å². The Hall–Kier alpha value is -0.970. The van der Waals surface area contributed by atoms with Crippen molar-refractivity contribution < 1.29 is 4.74 Å². The Morgan fingerprint density at radius 2 is 2.30 bits per heavy atom. The van der Waals surface area contributed by atoms with Crippen molar-refractivity contribution in [2.75, 3.05) is 26.3 Å². The minimum Gasteiger partial charge on any atom is -0.379 e. The predicted octanol–water partition coefficient (Wildman–Crippen LogP) is 2.05. The van der Waals surface area contributed by atoms with Gasteiger partial charge in [-0.15, -0.1) is 0 Å². The molecule has 1 fully saturated rings. The van der Waals surface area contributed by atoms with Crippen molar-refractivity contribution in [1.29, 1.82) is 0 Å². The molecule has 2 rings (SSSR count). The molecule has 0 amide bonds. The second-order valence-corrected chi connectivity index (χ2v) is 6.08. The highest BCUT2D eigenvalue weighted by Crippen LogP contribution is 2.11. The van der Waals surface area contributed by atoms with E-state index in [9.17, 15) is 0 Å². The molecule has 1 aliphatic rings. The molecule has 0 bridgehead atoms. The van der Waals surface area contributed by atoms with E-state index in [1.807, 2.05) is 6.20 Å². The summed E-state index contributed by atoms with van der Waals surface area (Å²) in [6.45, 7) is 12.2. The molecule has 0 saturated carbocycles. The van der Waals surface area contributed by atoms with Crippen LogP contribution in [0, 0.1) is 5.92 Å². The second kappa shape index (κ2) is 7.72. The molecule has 1 saturated heterocycles. The molecule has 1 aliphatic heterocycles. The van der Waals surface area contributed by atoms with E-state index in [2.05, 4.69) is 48.1 Å². The summed E-state index contributed by atoms with van der Waals surface area (Å²) >= 11 is 0. The maximum atomic E-state index is 5.46. The molecule has 1 N–H and O–H groups in total. The summed E-state index contributed by atoms with van der Waals surface area (Å²) in [5.74, 6) is 0.685. The van der Waals surface area contributed by atoms with Gasteiger partial charge in [0.1, 0.15) is 0 Å². The van der Waals surface area contributed by atoms with Crippen molar-refractivity contribution in [3.63, 3.8) is 0 Å². The van der Waals surface area contributed by atoms with Crippen LogP contribution in [-0.2, 0) is 17.8 Å². The van der Waals surface area contributed by atoms with Crippen molar-refractivity contribution in [3.05, 3.63) is 29.6 Å². The fourth-order valence-corrected chi connectivity index (χ4v) is 2.36. The first-order valence-electron chi connectivity index (χ1n) is 7.61. The van der Waals surface area contributed by atoms with Crippen LogP contribution in [0.5, 0.6) is 0 Å².